The summed E-state index contributed by atoms with van der Waals surface area (Å²) in [6, 6.07) is 19.1. The molecule has 1 aliphatic rings. The Morgan fingerprint density at radius 1 is 1.00 bits per heavy atom. The Balaban J connectivity index is 1.37. The number of aliphatic carboxylic acids is 1. The van der Waals surface area contributed by atoms with Gasteiger partial charge in [0.1, 0.15) is 14.6 Å². The van der Waals surface area contributed by atoms with Gasteiger partial charge in [-0.3, -0.25) is 14.5 Å². The third-order valence-corrected chi connectivity index (χ3v) is 10.9. The standard InChI is InChI=1S/C25H20ClN3O6S3/c26-18-8-6-16(7-9-18)22-10-11-23(36-22)38(34,35)29-25(24(30)31)14-21(25)17-3-1-4-19(13-17)28-37(32,33)20-5-2-12-27-15-20/h1-13,15,21,28-29H,14H2,(H,30,31)/t21-,25+/m0/s1. The average molecular weight is 590 g/mol. The zero-order valence-corrected chi connectivity index (χ0v) is 22.6. The van der Waals surface area contributed by atoms with Crippen LogP contribution in [-0.2, 0) is 24.8 Å². The maximum Gasteiger partial charge on any atom is 0.325 e. The summed E-state index contributed by atoms with van der Waals surface area (Å²) in [4.78, 5) is 16.8. The van der Waals surface area contributed by atoms with E-state index < -0.39 is 37.5 Å². The zero-order valence-electron chi connectivity index (χ0n) is 19.4. The molecule has 3 N–H and O–H groups in total. The van der Waals surface area contributed by atoms with Gasteiger partial charge in [-0.05, 0) is 66.1 Å². The number of pyridine rings is 1. The first-order valence-corrected chi connectivity index (χ1v) is 15.3. The fraction of sp³-hybridized carbons (Fsp3) is 0.120. The van der Waals surface area contributed by atoms with Gasteiger partial charge in [0.25, 0.3) is 20.0 Å². The number of hydrogen-bond acceptors (Lipinski definition) is 7. The van der Waals surface area contributed by atoms with Crippen molar-refractivity contribution in [3.05, 3.63) is 95.8 Å². The highest BCUT2D eigenvalue weighted by Gasteiger charge is 2.63. The van der Waals surface area contributed by atoms with Crippen molar-refractivity contribution in [1.82, 2.24) is 9.71 Å². The van der Waals surface area contributed by atoms with Crippen molar-refractivity contribution >= 4 is 54.6 Å². The number of aromatic nitrogens is 1. The lowest BCUT2D eigenvalue weighted by Gasteiger charge is -2.15. The van der Waals surface area contributed by atoms with Crippen LogP contribution in [0.1, 0.15) is 17.9 Å². The Hall–Kier alpha value is -3.29. The Labute approximate surface area is 228 Å². The van der Waals surface area contributed by atoms with Crippen LogP contribution in [0.4, 0.5) is 5.69 Å². The van der Waals surface area contributed by atoms with E-state index in [1.807, 2.05) is 0 Å². The van der Waals surface area contributed by atoms with E-state index in [9.17, 15) is 26.7 Å². The molecule has 13 heteroatoms. The molecular formula is C25H20ClN3O6S3. The van der Waals surface area contributed by atoms with Crippen LogP contribution in [0.25, 0.3) is 10.4 Å². The molecule has 0 aliphatic heterocycles. The molecule has 0 spiro atoms. The van der Waals surface area contributed by atoms with Gasteiger partial charge in [0, 0.05) is 33.9 Å². The molecule has 1 fully saturated rings. The van der Waals surface area contributed by atoms with Gasteiger partial charge in [-0.25, -0.2) is 16.8 Å². The van der Waals surface area contributed by atoms with Gasteiger partial charge in [-0.15, -0.1) is 11.3 Å². The summed E-state index contributed by atoms with van der Waals surface area (Å²) in [5.41, 5.74) is -0.283. The van der Waals surface area contributed by atoms with Gasteiger partial charge < -0.3 is 5.11 Å². The summed E-state index contributed by atoms with van der Waals surface area (Å²) in [7, 11) is -8.08. The first-order chi connectivity index (χ1) is 18.0. The number of sulfonamides is 2. The molecule has 2 aromatic carbocycles. The quantitative estimate of drug-likeness (QED) is 0.260. The highest BCUT2D eigenvalue weighted by Crippen LogP contribution is 2.53. The van der Waals surface area contributed by atoms with Crippen LogP contribution in [0.2, 0.25) is 5.02 Å². The molecule has 0 bridgehead atoms. The Kier molecular flexibility index (Phi) is 6.78. The van der Waals surface area contributed by atoms with E-state index in [4.69, 9.17) is 11.6 Å². The first-order valence-electron chi connectivity index (χ1n) is 11.2. The number of nitrogens with zero attached hydrogens (tertiary/aromatic N) is 1. The molecule has 38 heavy (non-hydrogen) atoms. The van der Waals surface area contributed by atoms with E-state index in [0.29, 0.717) is 15.5 Å². The first kappa shape index (κ1) is 26.3. The van der Waals surface area contributed by atoms with E-state index in [1.54, 1.807) is 42.5 Å². The minimum absolute atomic E-state index is 0.00971. The van der Waals surface area contributed by atoms with E-state index in [0.717, 1.165) is 16.9 Å². The molecule has 2 aromatic heterocycles. The number of thiophene rings is 1. The van der Waals surface area contributed by atoms with Crippen LogP contribution in [-0.4, -0.2) is 38.4 Å². The molecule has 9 nitrogen and oxygen atoms in total. The second-order valence-corrected chi connectivity index (χ2v) is 13.8. The highest BCUT2D eigenvalue weighted by atomic mass is 35.5. The van der Waals surface area contributed by atoms with Gasteiger partial charge in [0.2, 0.25) is 0 Å². The molecule has 0 saturated heterocycles. The van der Waals surface area contributed by atoms with E-state index in [1.165, 1.54) is 42.7 Å². The van der Waals surface area contributed by atoms with Gasteiger partial charge in [-0.1, -0.05) is 35.9 Å². The Bertz CT molecular complexity index is 1730. The van der Waals surface area contributed by atoms with Crippen LogP contribution in [0.5, 0.6) is 0 Å². The highest BCUT2D eigenvalue weighted by molar-refractivity contribution is 7.92. The van der Waals surface area contributed by atoms with Crippen molar-refractivity contribution in [3.8, 4) is 10.4 Å². The number of nitrogens with one attached hydrogen (secondary N) is 2. The fourth-order valence-electron chi connectivity index (χ4n) is 4.12. The number of halogens is 1. The molecule has 2 heterocycles. The largest absolute Gasteiger partial charge is 0.480 e. The van der Waals surface area contributed by atoms with Gasteiger partial charge in [-0.2, -0.15) is 4.72 Å². The summed E-state index contributed by atoms with van der Waals surface area (Å²) in [6.45, 7) is 0. The van der Waals surface area contributed by atoms with Crippen LogP contribution in [0.15, 0.2) is 94.3 Å². The number of benzene rings is 2. The lowest BCUT2D eigenvalue weighted by molar-refractivity contribution is -0.140. The summed E-state index contributed by atoms with van der Waals surface area (Å²) in [5.74, 6) is -2.02. The number of rotatable bonds is 9. The normalized spacial score (nSPS) is 19.1. The number of carboxylic acids is 1. The van der Waals surface area contributed by atoms with E-state index in [-0.39, 0.29) is 21.2 Å². The Morgan fingerprint density at radius 2 is 1.76 bits per heavy atom. The number of carbonyl (C=O) groups is 1. The molecule has 1 saturated carbocycles. The third-order valence-electron chi connectivity index (χ3n) is 6.12. The minimum atomic E-state index is -4.17. The second-order valence-electron chi connectivity index (χ2n) is 8.68. The van der Waals surface area contributed by atoms with E-state index in [2.05, 4.69) is 14.4 Å². The van der Waals surface area contributed by atoms with Crippen molar-refractivity contribution < 1.29 is 26.7 Å². The molecule has 196 valence electrons. The Morgan fingerprint density at radius 3 is 2.45 bits per heavy atom. The third kappa shape index (κ3) is 5.18. The van der Waals surface area contributed by atoms with Crippen molar-refractivity contribution in [3.63, 3.8) is 0 Å². The summed E-state index contributed by atoms with van der Waals surface area (Å²) < 4.78 is 56.5. The van der Waals surface area contributed by atoms with Crippen molar-refractivity contribution in [2.45, 2.75) is 27.0 Å². The summed E-state index contributed by atoms with van der Waals surface area (Å²) in [6.07, 6.45) is 2.67. The van der Waals surface area contributed by atoms with Crippen LogP contribution >= 0.6 is 22.9 Å². The monoisotopic (exact) mass is 589 g/mol. The molecule has 2 atom stereocenters. The zero-order chi connectivity index (χ0) is 27.1. The van der Waals surface area contributed by atoms with Gasteiger partial charge in [0.15, 0.2) is 0 Å². The number of hydrogen-bond donors (Lipinski definition) is 3. The second kappa shape index (κ2) is 9.79. The SMILES string of the molecule is O=C(O)[C@@]1(NS(=O)(=O)c2ccc(-c3ccc(Cl)cc3)s2)C[C@H]1c1cccc(NS(=O)(=O)c2cccnc2)c1. The molecule has 0 unspecified atom stereocenters. The number of carboxylic acid groups (broad SMARTS) is 1. The molecule has 1 aliphatic carbocycles. The topological polar surface area (TPSA) is 143 Å². The lowest BCUT2D eigenvalue weighted by Crippen LogP contribution is -2.44. The van der Waals surface area contributed by atoms with Crippen molar-refractivity contribution in [2.24, 2.45) is 0 Å². The molecule has 0 amide bonds. The van der Waals surface area contributed by atoms with E-state index >= 15 is 0 Å². The van der Waals surface area contributed by atoms with Crippen molar-refractivity contribution in [1.29, 1.82) is 0 Å². The minimum Gasteiger partial charge on any atom is -0.480 e. The van der Waals surface area contributed by atoms with Crippen LogP contribution < -0.4 is 9.44 Å². The smallest absolute Gasteiger partial charge is 0.325 e. The molecule has 5 rings (SSSR count). The molecular weight excluding hydrogens is 570 g/mol. The molecule has 4 aromatic rings. The predicted octanol–water partition coefficient (Wildman–Crippen LogP) is 4.55. The predicted molar refractivity (Wildman–Crippen MR) is 144 cm³/mol. The number of anilines is 1. The van der Waals surface area contributed by atoms with Gasteiger partial charge >= 0.3 is 5.97 Å². The maximum absolute atomic E-state index is 13.2. The van der Waals surface area contributed by atoms with Crippen LogP contribution in [0.3, 0.4) is 0 Å². The summed E-state index contributed by atoms with van der Waals surface area (Å²) in [5, 5.41) is 10.6. The maximum atomic E-state index is 13.2. The average Bonchev–Trinajstić information content (AvgIpc) is 3.37. The fourth-order valence-corrected chi connectivity index (χ4v) is 7.98. The van der Waals surface area contributed by atoms with Gasteiger partial charge in [0.05, 0.1) is 0 Å². The van der Waals surface area contributed by atoms with Crippen LogP contribution in [0, 0.1) is 0 Å². The lowest BCUT2D eigenvalue weighted by atomic mass is 10.1. The summed E-state index contributed by atoms with van der Waals surface area (Å²) >= 11 is 6.94. The van der Waals surface area contributed by atoms with Crippen molar-refractivity contribution in [2.75, 3.05) is 4.72 Å². The molecule has 0 radical (unpaired) electrons.